The number of aliphatic hydroxyl groups is 1. The lowest BCUT2D eigenvalue weighted by atomic mass is 9.77. The van der Waals surface area contributed by atoms with Gasteiger partial charge in [0.2, 0.25) is 0 Å². The molecule has 20 heavy (non-hydrogen) atoms. The van der Waals surface area contributed by atoms with Gasteiger partial charge in [0, 0.05) is 6.04 Å². The van der Waals surface area contributed by atoms with Gasteiger partial charge in [0.05, 0.1) is 6.10 Å². The van der Waals surface area contributed by atoms with Gasteiger partial charge in [-0.3, -0.25) is 4.90 Å². The van der Waals surface area contributed by atoms with Crippen molar-refractivity contribution in [3.63, 3.8) is 0 Å². The first-order chi connectivity index (χ1) is 9.59. The van der Waals surface area contributed by atoms with Gasteiger partial charge in [-0.05, 0) is 43.3 Å². The van der Waals surface area contributed by atoms with Crippen LogP contribution in [0.5, 0.6) is 0 Å². The molecule has 0 bridgehead atoms. The Kier molecular flexibility index (Phi) is 5.22. The number of hydrogen-bond acceptors (Lipinski definition) is 2. The Morgan fingerprint density at radius 1 is 1.15 bits per heavy atom. The normalized spacial score (nSPS) is 22.4. The van der Waals surface area contributed by atoms with Crippen LogP contribution >= 0.6 is 0 Å². The second-order valence-electron chi connectivity index (χ2n) is 6.53. The molecule has 1 aromatic rings. The van der Waals surface area contributed by atoms with Crippen LogP contribution in [-0.4, -0.2) is 29.1 Å². The van der Waals surface area contributed by atoms with E-state index in [2.05, 4.69) is 25.7 Å². The highest BCUT2D eigenvalue weighted by atomic mass is 16.3. The van der Waals surface area contributed by atoms with Crippen molar-refractivity contribution in [1.82, 2.24) is 4.90 Å². The van der Waals surface area contributed by atoms with Crippen molar-refractivity contribution < 1.29 is 5.11 Å². The summed E-state index contributed by atoms with van der Waals surface area (Å²) in [7, 11) is 0. The quantitative estimate of drug-likeness (QED) is 0.877. The number of hydrogen-bond donors (Lipinski definition) is 1. The maximum atomic E-state index is 10.7. The van der Waals surface area contributed by atoms with E-state index in [0.717, 1.165) is 25.1 Å². The van der Waals surface area contributed by atoms with E-state index in [-0.39, 0.29) is 12.1 Å². The molecule has 2 nitrogen and oxygen atoms in total. The molecule has 0 aliphatic carbocycles. The first-order valence-corrected chi connectivity index (χ1v) is 8.06. The lowest BCUT2D eigenvalue weighted by Crippen LogP contribution is -2.46. The Bertz CT molecular complexity index is 395. The van der Waals surface area contributed by atoms with Crippen molar-refractivity contribution in [1.29, 1.82) is 0 Å². The number of nitrogens with zero attached hydrogens (tertiary/aromatic N) is 1. The fraction of sp³-hybridized carbons (Fsp3) is 0.667. The van der Waals surface area contributed by atoms with Crippen LogP contribution in [0.1, 0.15) is 58.1 Å². The Labute approximate surface area is 123 Å². The molecule has 1 aliphatic heterocycles. The second kappa shape index (κ2) is 6.73. The third kappa shape index (κ3) is 3.42. The largest absolute Gasteiger partial charge is 0.387 e. The summed E-state index contributed by atoms with van der Waals surface area (Å²) >= 11 is 0. The Hall–Kier alpha value is -0.860. The highest BCUT2D eigenvalue weighted by molar-refractivity contribution is 5.19. The minimum absolute atomic E-state index is 0.249. The molecule has 1 fully saturated rings. The monoisotopic (exact) mass is 275 g/mol. The van der Waals surface area contributed by atoms with Crippen LogP contribution < -0.4 is 0 Å². The topological polar surface area (TPSA) is 23.5 Å². The molecule has 2 atom stereocenters. The maximum absolute atomic E-state index is 10.7. The van der Waals surface area contributed by atoms with Gasteiger partial charge in [-0.25, -0.2) is 0 Å². The molecular weight excluding hydrogens is 246 g/mol. The van der Waals surface area contributed by atoms with E-state index in [1.54, 1.807) is 0 Å². The summed E-state index contributed by atoms with van der Waals surface area (Å²) in [6.45, 7) is 9.12. The average Bonchev–Trinajstić information content (AvgIpc) is 2.51. The lowest BCUT2D eigenvalue weighted by molar-refractivity contribution is 0.00844. The molecule has 112 valence electrons. The Morgan fingerprint density at radius 2 is 1.75 bits per heavy atom. The molecule has 0 aromatic heterocycles. The number of aliphatic hydroxyl groups excluding tert-OH is 1. The summed E-state index contributed by atoms with van der Waals surface area (Å²) in [6.07, 6.45) is 4.40. The molecule has 0 radical (unpaired) electrons. The molecule has 1 aliphatic rings. The van der Waals surface area contributed by atoms with Gasteiger partial charge >= 0.3 is 0 Å². The van der Waals surface area contributed by atoms with E-state index < -0.39 is 0 Å². The smallest absolute Gasteiger partial charge is 0.0945 e. The highest BCUT2D eigenvalue weighted by Crippen LogP contribution is 2.36. The molecule has 1 heterocycles. The summed E-state index contributed by atoms with van der Waals surface area (Å²) < 4.78 is 0. The minimum atomic E-state index is -0.368. The van der Waals surface area contributed by atoms with Gasteiger partial charge in [-0.2, -0.15) is 0 Å². The van der Waals surface area contributed by atoms with Gasteiger partial charge in [-0.15, -0.1) is 0 Å². The standard InChI is InChI=1S/C18H29NO/c1-4-16(17(20)15-9-7-6-8-10-15)19-13-11-18(3,5-2)12-14-19/h6-10,16-17,20H,4-5,11-14H2,1-3H3. The van der Waals surface area contributed by atoms with Crippen molar-refractivity contribution in [2.75, 3.05) is 13.1 Å². The molecule has 2 rings (SSSR count). The van der Waals surface area contributed by atoms with Gasteiger partial charge in [0.1, 0.15) is 0 Å². The summed E-state index contributed by atoms with van der Waals surface area (Å²) in [5.41, 5.74) is 1.55. The zero-order valence-electron chi connectivity index (χ0n) is 13.2. The van der Waals surface area contributed by atoms with Gasteiger partial charge in [0.25, 0.3) is 0 Å². The average molecular weight is 275 g/mol. The van der Waals surface area contributed by atoms with Crippen molar-refractivity contribution in [2.45, 2.75) is 58.6 Å². The zero-order chi connectivity index (χ0) is 14.6. The second-order valence-corrected chi connectivity index (χ2v) is 6.53. The minimum Gasteiger partial charge on any atom is -0.387 e. The molecule has 1 N–H and O–H groups in total. The van der Waals surface area contributed by atoms with E-state index in [1.807, 2.05) is 30.3 Å². The van der Waals surface area contributed by atoms with Gasteiger partial charge in [-0.1, -0.05) is 57.5 Å². The lowest BCUT2D eigenvalue weighted by Gasteiger charge is -2.43. The van der Waals surface area contributed by atoms with Crippen LogP contribution in [0.3, 0.4) is 0 Å². The van der Waals surface area contributed by atoms with Crippen LogP contribution in [0, 0.1) is 5.41 Å². The summed E-state index contributed by atoms with van der Waals surface area (Å²) in [6, 6.07) is 10.3. The van der Waals surface area contributed by atoms with E-state index in [0.29, 0.717) is 5.41 Å². The van der Waals surface area contributed by atoms with Crippen LogP contribution in [0.15, 0.2) is 30.3 Å². The molecule has 1 saturated heterocycles. The highest BCUT2D eigenvalue weighted by Gasteiger charge is 2.33. The molecule has 0 amide bonds. The molecule has 1 aromatic carbocycles. The first kappa shape index (κ1) is 15.5. The van der Waals surface area contributed by atoms with E-state index >= 15 is 0 Å². The molecule has 2 heteroatoms. The summed E-state index contributed by atoms with van der Waals surface area (Å²) in [4.78, 5) is 2.50. The Balaban J connectivity index is 2.03. The fourth-order valence-corrected chi connectivity index (χ4v) is 3.30. The molecule has 0 saturated carbocycles. The first-order valence-electron chi connectivity index (χ1n) is 8.06. The third-order valence-electron chi connectivity index (χ3n) is 5.25. The molecule has 2 unspecified atom stereocenters. The number of rotatable bonds is 5. The van der Waals surface area contributed by atoms with E-state index in [1.165, 1.54) is 19.3 Å². The summed E-state index contributed by atoms with van der Waals surface area (Å²) in [5.74, 6) is 0. The predicted molar refractivity (Wildman–Crippen MR) is 84.7 cm³/mol. The zero-order valence-corrected chi connectivity index (χ0v) is 13.2. The van der Waals surface area contributed by atoms with Crippen LogP contribution in [0.2, 0.25) is 0 Å². The number of piperidine rings is 1. The van der Waals surface area contributed by atoms with Crippen molar-refractivity contribution >= 4 is 0 Å². The van der Waals surface area contributed by atoms with Crippen LogP contribution in [0.4, 0.5) is 0 Å². The van der Waals surface area contributed by atoms with Gasteiger partial charge in [0.15, 0.2) is 0 Å². The van der Waals surface area contributed by atoms with Crippen molar-refractivity contribution in [3.8, 4) is 0 Å². The fourth-order valence-electron chi connectivity index (χ4n) is 3.30. The van der Waals surface area contributed by atoms with Gasteiger partial charge < -0.3 is 5.11 Å². The van der Waals surface area contributed by atoms with Crippen LogP contribution in [0.25, 0.3) is 0 Å². The molecule has 0 spiro atoms. The number of benzene rings is 1. The third-order valence-corrected chi connectivity index (χ3v) is 5.25. The van der Waals surface area contributed by atoms with E-state index in [9.17, 15) is 5.11 Å². The van der Waals surface area contributed by atoms with Crippen molar-refractivity contribution in [2.24, 2.45) is 5.41 Å². The summed E-state index contributed by atoms with van der Waals surface area (Å²) in [5, 5.41) is 10.7. The van der Waals surface area contributed by atoms with Crippen LogP contribution in [-0.2, 0) is 0 Å². The van der Waals surface area contributed by atoms with Crippen molar-refractivity contribution in [3.05, 3.63) is 35.9 Å². The number of likely N-dealkylation sites (tertiary alicyclic amines) is 1. The predicted octanol–water partition coefficient (Wildman–Crippen LogP) is 4.01. The van der Waals surface area contributed by atoms with E-state index in [4.69, 9.17) is 0 Å². The SMILES string of the molecule is CCC(C(O)c1ccccc1)N1CCC(C)(CC)CC1. The molecular formula is C18H29NO. The Morgan fingerprint density at radius 3 is 2.25 bits per heavy atom. The maximum Gasteiger partial charge on any atom is 0.0945 e.